The van der Waals surface area contributed by atoms with Crippen LogP contribution in [0.4, 0.5) is 0 Å². The molecule has 1 aromatic rings. The molecule has 1 rings (SSSR count). The molecule has 14 heavy (non-hydrogen) atoms. The molecule has 0 aliphatic rings. The summed E-state index contributed by atoms with van der Waals surface area (Å²) in [5.41, 5.74) is 0.348. The van der Waals surface area contributed by atoms with Crippen LogP contribution in [0.3, 0.4) is 0 Å². The van der Waals surface area contributed by atoms with Crippen molar-refractivity contribution in [2.24, 2.45) is 5.41 Å². The highest BCUT2D eigenvalue weighted by Crippen LogP contribution is 2.34. The van der Waals surface area contributed by atoms with Gasteiger partial charge in [0.25, 0.3) is 0 Å². The zero-order chi connectivity index (χ0) is 10.8. The van der Waals surface area contributed by atoms with Crippen molar-refractivity contribution in [3.63, 3.8) is 0 Å². The van der Waals surface area contributed by atoms with Crippen LogP contribution in [0.25, 0.3) is 0 Å². The molecule has 0 bridgehead atoms. The van der Waals surface area contributed by atoms with Gasteiger partial charge >= 0.3 is 5.97 Å². The van der Waals surface area contributed by atoms with E-state index in [9.17, 15) is 4.79 Å². The van der Waals surface area contributed by atoms with Gasteiger partial charge in [-0.3, -0.25) is 4.79 Å². The summed E-state index contributed by atoms with van der Waals surface area (Å²) in [6.07, 6.45) is 0. The predicted octanol–water partition coefficient (Wildman–Crippen LogP) is 2.90. The van der Waals surface area contributed by atoms with Crippen LogP contribution in [-0.2, 0) is 4.79 Å². The standard InChI is InChI=1S/C12H16O2/c1-9(12(2,3)11(13)14)10-7-5-4-6-8-10/h4-9H,1-3H3,(H,13,14). The average Bonchev–Trinajstić information content (AvgIpc) is 2.17. The maximum absolute atomic E-state index is 11.0. The highest BCUT2D eigenvalue weighted by molar-refractivity contribution is 5.75. The number of carbonyl (C=O) groups is 1. The van der Waals surface area contributed by atoms with Crippen molar-refractivity contribution < 1.29 is 9.90 Å². The monoisotopic (exact) mass is 192 g/mol. The lowest BCUT2D eigenvalue weighted by Gasteiger charge is -2.27. The molecule has 0 saturated carbocycles. The summed E-state index contributed by atoms with van der Waals surface area (Å²) in [5.74, 6) is -0.741. The molecule has 0 fully saturated rings. The molecule has 1 unspecified atom stereocenters. The highest BCUT2D eigenvalue weighted by Gasteiger charge is 2.34. The number of carboxylic acid groups (broad SMARTS) is 1. The zero-order valence-electron chi connectivity index (χ0n) is 8.82. The first-order chi connectivity index (χ1) is 6.46. The second kappa shape index (κ2) is 3.82. The maximum atomic E-state index is 11.0. The molecule has 0 aliphatic heterocycles. The number of carboxylic acids is 1. The molecule has 0 aliphatic carbocycles. The largest absolute Gasteiger partial charge is 0.481 e. The molecule has 0 spiro atoms. The van der Waals surface area contributed by atoms with Crippen LogP contribution in [0.2, 0.25) is 0 Å². The zero-order valence-corrected chi connectivity index (χ0v) is 8.82. The molecule has 0 radical (unpaired) electrons. The third kappa shape index (κ3) is 1.95. The van der Waals surface area contributed by atoms with Gasteiger partial charge in [0.05, 0.1) is 5.41 Å². The van der Waals surface area contributed by atoms with E-state index in [4.69, 9.17) is 5.11 Å². The molecule has 1 atom stereocenters. The Hall–Kier alpha value is -1.31. The van der Waals surface area contributed by atoms with Crippen LogP contribution in [0, 0.1) is 5.41 Å². The topological polar surface area (TPSA) is 37.3 Å². The second-order valence-corrected chi connectivity index (χ2v) is 4.16. The van der Waals surface area contributed by atoms with Crippen LogP contribution >= 0.6 is 0 Å². The number of benzene rings is 1. The Balaban J connectivity index is 2.96. The van der Waals surface area contributed by atoms with Crippen LogP contribution in [0.1, 0.15) is 32.3 Å². The van der Waals surface area contributed by atoms with Gasteiger partial charge in [0.15, 0.2) is 0 Å². The molecule has 2 nitrogen and oxygen atoms in total. The van der Waals surface area contributed by atoms with Crippen molar-refractivity contribution in [2.45, 2.75) is 26.7 Å². The number of aliphatic carboxylic acids is 1. The van der Waals surface area contributed by atoms with Gasteiger partial charge < -0.3 is 5.11 Å². The van der Waals surface area contributed by atoms with Gasteiger partial charge in [-0.05, 0) is 25.3 Å². The average molecular weight is 192 g/mol. The van der Waals surface area contributed by atoms with Crippen molar-refractivity contribution in [3.8, 4) is 0 Å². The lowest BCUT2D eigenvalue weighted by molar-refractivity contribution is -0.148. The van der Waals surface area contributed by atoms with Gasteiger partial charge in [0.2, 0.25) is 0 Å². The van der Waals surface area contributed by atoms with Gasteiger partial charge in [-0.25, -0.2) is 0 Å². The molecule has 1 N–H and O–H groups in total. The van der Waals surface area contributed by atoms with Gasteiger partial charge in [-0.15, -0.1) is 0 Å². The molecule has 0 saturated heterocycles. The van der Waals surface area contributed by atoms with Gasteiger partial charge in [0, 0.05) is 0 Å². The fraction of sp³-hybridized carbons (Fsp3) is 0.417. The SMILES string of the molecule is CC(c1ccccc1)C(C)(C)C(=O)O. The quantitative estimate of drug-likeness (QED) is 0.799. The number of hydrogen-bond donors (Lipinski definition) is 1. The minimum Gasteiger partial charge on any atom is -0.481 e. The van der Waals surface area contributed by atoms with Crippen molar-refractivity contribution in [2.75, 3.05) is 0 Å². The molecule has 1 aromatic carbocycles. The Bertz CT molecular complexity index is 314. The fourth-order valence-electron chi connectivity index (χ4n) is 1.34. The third-order valence-corrected chi connectivity index (χ3v) is 2.93. The van der Waals surface area contributed by atoms with Crippen molar-refractivity contribution in [1.29, 1.82) is 0 Å². The smallest absolute Gasteiger partial charge is 0.309 e. The molecule has 76 valence electrons. The molecule has 0 heterocycles. The summed E-state index contributed by atoms with van der Waals surface area (Å²) < 4.78 is 0. The minimum atomic E-state index is -0.756. The molecule has 0 aromatic heterocycles. The summed E-state index contributed by atoms with van der Waals surface area (Å²) in [6, 6.07) is 9.74. The van der Waals surface area contributed by atoms with E-state index in [1.165, 1.54) is 0 Å². The van der Waals surface area contributed by atoms with Gasteiger partial charge in [0.1, 0.15) is 0 Å². The summed E-state index contributed by atoms with van der Waals surface area (Å²) in [7, 11) is 0. The number of hydrogen-bond acceptors (Lipinski definition) is 1. The Morgan fingerprint density at radius 2 is 1.79 bits per heavy atom. The maximum Gasteiger partial charge on any atom is 0.309 e. The third-order valence-electron chi connectivity index (χ3n) is 2.93. The first kappa shape index (κ1) is 10.8. The summed E-state index contributed by atoms with van der Waals surface area (Å²) in [6.45, 7) is 5.46. The lowest BCUT2D eigenvalue weighted by atomic mass is 9.76. The van der Waals surface area contributed by atoms with Gasteiger partial charge in [-0.1, -0.05) is 37.3 Å². The molecule has 2 heteroatoms. The van der Waals surface area contributed by atoms with Crippen molar-refractivity contribution in [3.05, 3.63) is 35.9 Å². The minimum absolute atomic E-state index is 0.0150. The normalized spacial score (nSPS) is 13.6. The Kier molecular flexibility index (Phi) is 2.94. The summed E-state index contributed by atoms with van der Waals surface area (Å²) >= 11 is 0. The van der Waals surface area contributed by atoms with Crippen LogP contribution in [0.15, 0.2) is 30.3 Å². The van der Waals surface area contributed by atoms with E-state index < -0.39 is 11.4 Å². The highest BCUT2D eigenvalue weighted by atomic mass is 16.4. The number of rotatable bonds is 3. The van der Waals surface area contributed by atoms with E-state index in [2.05, 4.69) is 0 Å². The first-order valence-corrected chi connectivity index (χ1v) is 4.74. The van der Waals surface area contributed by atoms with E-state index in [1.54, 1.807) is 13.8 Å². The Morgan fingerprint density at radius 1 is 1.29 bits per heavy atom. The molecular weight excluding hydrogens is 176 g/mol. The van der Waals surface area contributed by atoms with Crippen molar-refractivity contribution in [1.82, 2.24) is 0 Å². The summed E-state index contributed by atoms with van der Waals surface area (Å²) in [5, 5.41) is 9.07. The van der Waals surface area contributed by atoms with Crippen molar-refractivity contribution >= 4 is 5.97 Å². The Labute approximate surface area is 84.6 Å². The molecular formula is C12H16O2. The molecule has 0 amide bonds. The fourth-order valence-corrected chi connectivity index (χ4v) is 1.34. The van der Waals surface area contributed by atoms with E-state index in [1.807, 2.05) is 37.3 Å². The van der Waals surface area contributed by atoms with E-state index >= 15 is 0 Å². The van der Waals surface area contributed by atoms with Crippen LogP contribution < -0.4 is 0 Å². The van der Waals surface area contributed by atoms with Gasteiger partial charge in [-0.2, -0.15) is 0 Å². The predicted molar refractivity (Wildman–Crippen MR) is 56.3 cm³/mol. The first-order valence-electron chi connectivity index (χ1n) is 4.74. The Morgan fingerprint density at radius 3 is 2.21 bits per heavy atom. The van der Waals surface area contributed by atoms with E-state index in [-0.39, 0.29) is 5.92 Å². The second-order valence-electron chi connectivity index (χ2n) is 4.16. The van der Waals surface area contributed by atoms with E-state index in [0.29, 0.717) is 0 Å². The lowest BCUT2D eigenvalue weighted by Crippen LogP contribution is -2.29. The van der Waals surface area contributed by atoms with Crippen LogP contribution in [0.5, 0.6) is 0 Å². The van der Waals surface area contributed by atoms with E-state index in [0.717, 1.165) is 5.56 Å². The summed E-state index contributed by atoms with van der Waals surface area (Å²) in [4.78, 5) is 11.0. The van der Waals surface area contributed by atoms with Crippen LogP contribution in [-0.4, -0.2) is 11.1 Å².